The summed E-state index contributed by atoms with van der Waals surface area (Å²) in [5, 5.41) is 12.7. The van der Waals surface area contributed by atoms with E-state index in [1.165, 1.54) is 24.8 Å². The zero-order valence-corrected chi connectivity index (χ0v) is 16.4. The van der Waals surface area contributed by atoms with Crippen LogP contribution in [0.1, 0.15) is 12.5 Å². The van der Waals surface area contributed by atoms with Gasteiger partial charge in [-0.15, -0.1) is 11.8 Å². The maximum Gasteiger partial charge on any atom is 0.407 e. The number of rotatable bonds is 5. The van der Waals surface area contributed by atoms with E-state index in [-0.39, 0.29) is 11.4 Å². The average molecular weight is 459 g/mol. The van der Waals surface area contributed by atoms with Crippen LogP contribution in [-0.2, 0) is 11.0 Å². The van der Waals surface area contributed by atoms with Gasteiger partial charge in [0.05, 0.1) is 12.1 Å². The predicted octanol–water partition coefficient (Wildman–Crippen LogP) is 5.50. The van der Waals surface area contributed by atoms with Gasteiger partial charge in [0, 0.05) is 20.8 Å². The lowest BCUT2D eigenvalue weighted by molar-refractivity contribution is -0.137. The smallest absolute Gasteiger partial charge is 0.379 e. The Morgan fingerprint density at radius 3 is 2.44 bits per heavy atom. The highest BCUT2D eigenvalue weighted by Crippen LogP contribution is 2.38. The first-order valence-electron chi connectivity index (χ1n) is 7.54. The summed E-state index contributed by atoms with van der Waals surface area (Å²) < 4.78 is 39.9. The summed E-state index contributed by atoms with van der Waals surface area (Å²) in [7, 11) is 0. The minimum Gasteiger partial charge on any atom is -0.379 e. The highest BCUT2D eigenvalue weighted by atomic mass is 79.9. The molecule has 1 atom stereocenters. The van der Waals surface area contributed by atoms with E-state index >= 15 is 0 Å². The third-order valence-electron chi connectivity index (χ3n) is 3.50. The van der Waals surface area contributed by atoms with E-state index < -0.39 is 28.9 Å². The van der Waals surface area contributed by atoms with Gasteiger partial charge in [-0.2, -0.15) is 13.2 Å². The molecule has 0 aliphatic carbocycles. The Morgan fingerprint density at radius 1 is 1.26 bits per heavy atom. The molecule has 0 radical (unpaired) electrons. The van der Waals surface area contributed by atoms with Crippen LogP contribution in [0.2, 0.25) is 0 Å². The topological polar surface area (TPSA) is 53.7 Å². The van der Waals surface area contributed by atoms with Gasteiger partial charge in [0.25, 0.3) is 5.91 Å². The summed E-state index contributed by atoms with van der Waals surface area (Å²) in [5.74, 6) is -0.831. The fourth-order valence-corrected chi connectivity index (χ4v) is 3.20. The zero-order valence-electron chi connectivity index (χ0n) is 14.0. The van der Waals surface area contributed by atoms with Crippen LogP contribution >= 0.6 is 27.7 Å². The van der Waals surface area contributed by atoms with Gasteiger partial charge in [0.1, 0.15) is 5.60 Å². The molecule has 2 aromatic rings. The lowest BCUT2D eigenvalue weighted by atomic mass is 10.1. The Kier molecular flexibility index (Phi) is 6.57. The minimum absolute atomic E-state index is 0.00668. The maximum absolute atomic E-state index is 13.0. The normalized spacial score (nSPS) is 13.5. The first-order valence-corrected chi connectivity index (χ1v) is 9.32. The first kappa shape index (κ1) is 21.3. The molecule has 0 aliphatic rings. The number of benzene rings is 2. The van der Waals surface area contributed by atoms with Gasteiger partial charge < -0.3 is 10.4 Å². The summed E-state index contributed by atoms with van der Waals surface area (Å²) in [6.07, 6.45) is -4.72. The molecule has 0 heterocycles. The third kappa shape index (κ3) is 5.73. The second-order valence-electron chi connectivity index (χ2n) is 5.81. The number of hydrogen-bond acceptors (Lipinski definition) is 3. The van der Waals surface area contributed by atoms with E-state index in [1.807, 2.05) is 12.1 Å². The largest absolute Gasteiger partial charge is 0.407 e. The molecule has 0 spiro atoms. The lowest BCUT2D eigenvalue weighted by Crippen LogP contribution is -2.42. The van der Waals surface area contributed by atoms with Crippen LogP contribution in [0, 0.1) is 6.57 Å². The molecule has 2 aromatic carbocycles. The molecule has 0 aliphatic heterocycles. The van der Waals surface area contributed by atoms with Crippen molar-refractivity contribution in [2.45, 2.75) is 23.6 Å². The Bertz CT molecular complexity index is 878. The predicted molar refractivity (Wildman–Crippen MR) is 102 cm³/mol. The van der Waals surface area contributed by atoms with E-state index in [2.05, 4.69) is 26.1 Å². The number of amides is 1. The second-order valence-corrected chi connectivity index (χ2v) is 7.78. The van der Waals surface area contributed by atoms with Gasteiger partial charge in [-0.25, -0.2) is 4.85 Å². The van der Waals surface area contributed by atoms with E-state index in [1.54, 1.807) is 12.1 Å². The van der Waals surface area contributed by atoms with Crippen molar-refractivity contribution in [1.82, 2.24) is 0 Å². The van der Waals surface area contributed by atoms with Crippen LogP contribution < -0.4 is 5.32 Å². The average Bonchev–Trinajstić information content (AvgIpc) is 2.60. The monoisotopic (exact) mass is 458 g/mol. The quantitative estimate of drug-likeness (QED) is 0.459. The number of alkyl halides is 3. The fourth-order valence-electron chi connectivity index (χ4n) is 2.02. The van der Waals surface area contributed by atoms with Crippen molar-refractivity contribution in [2.75, 3.05) is 11.1 Å². The number of carbonyl (C=O) groups excluding carboxylic acids is 1. The summed E-state index contributed by atoms with van der Waals surface area (Å²) >= 11 is 4.54. The Morgan fingerprint density at radius 2 is 1.89 bits per heavy atom. The van der Waals surface area contributed by atoms with Crippen molar-refractivity contribution in [3.05, 3.63) is 63.9 Å². The SMILES string of the molecule is [C-]#[N+]c1ccc(NC(=O)[C@@](C)(O)CSc2ccc(Br)cc2)cc1C(F)(F)F. The molecule has 2 rings (SSSR count). The molecule has 9 heteroatoms. The van der Waals surface area contributed by atoms with E-state index in [9.17, 15) is 23.1 Å². The van der Waals surface area contributed by atoms with E-state index in [0.717, 1.165) is 15.4 Å². The van der Waals surface area contributed by atoms with Crippen molar-refractivity contribution in [3.63, 3.8) is 0 Å². The summed E-state index contributed by atoms with van der Waals surface area (Å²) in [5.41, 5.74) is -3.65. The van der Waals surface area contributed by atoms with Crippen molar-refractivity contribution in [3.8, 4) is 0 Å². The van der Waals surface area contributed by atoms with E-state index in [4.69, 9.17) is 6.57 Å². The van der Waals surface area contributed by atoms with Gasteiger partial charge in [-0.1, -0.05) is 22.0 Å². The lowest BCUT2D eigenvalue weighted by Gasteiger charge is -2.22. The highest BCUT2D eigenvalue weighted by molar-refractivity contribution is 9.10. The van der Waals surface area contributed by atoms with Crippen LogP contribution in [0.5, 0.6) is 0 Å². The number of nitrogens with zero attached hydrogens (tertiary/aromatic N) is 1. The molecule has 2 N–H and O–H groups in total. The van der Waals surface area contributed by atoms with Gasteiger partial charge in [-0.05, 0) is 43.3 Å². The molecule has 1 amide bonds. The zero-order chi connectivity index (χ0) is 20.2. The van der Waals surface area contributed by atoms with E-state index in [0.29, 0.717) is 6.07 Å². The Balaban J connectivity index is 2.11. The first-order chi connectivity index (χ1) is 12.5. The number of halogens is 4. The molecule has 27 heavy (non-hydrogen) atoms. The van der Waals surface area contributed by atoms with Crippen LogP contribution in [-0.4, -0.2) is 22.4 Å². The summed E-state index contributed by atoms with van der Waals surface area (Å²) in [4.78, 5) is 16.0. The van der Waals surface area contributed by atoms with Crippen molar-refractivity contribution in [1.29, 1.82) is 0 Å². The molecular formula is C18H14BrF3N2O2S. The maximum atomic E-state index is 13.0. The molecule has 142 valence electrons. The number of aliphatic hydroxyl groups is 1. The van der Waals surface area contributed by atoms with Gasteiger partial charge in [0.15, 0.2) is 5.69 Å². The molecular weight excluding hydrogens is 445 g/mol. The number of thioether (sulfide) groups is 1. The van der Waals surface area contributed by atoms with Crippen LogP contribution in [0.25, 0.3) is 4.85 Å². The molecule has 0 aromatic heterocycles. The number of carbonyl (C=O) groups is 1. The minimum atomic E-state index is -4.72. The molecule has 0 saturated carbocycles. The second kappa shape index (κ2) is 8.33. The summed E-state index contributed by atoms with van der Waals surface area (Å²) in [6, 6.07) is 10.1. The van der Waals surface area contributed by atoms with Crippen molar-refractivity contribution in [2.24, 2.45) is 0 Å². The van der Waals surface area contributed by atoms with Crippen molar-refractivity contribution >= 4 is 45.0 Å². The van der Waals surface area contributed by atoms with Gasteiger partial charge in [-0.3, -0.25) is 4.79 Å². The fraction of sp³-hybridized carbons (Fsp3) is 0.222. The van der Waals surface area contributed by atoms with Gasteiger partial charge >= 0.3 is 6.18 Å². The molecule has 0 saturated heterocycles. The van der Waals surface area contributed by atoms with Crippen LogP contribution in [0.4, 0.5) is 24.5 Å². The number of hydrogen-bond donors (Lipinski definition) is 2. The molecule has 0 unspecified atom stereocenters. The highest BCUT2D eigenvalue weighted by Gasteiger charge is 2.35. The van der Waals surface area contributed by atoms with Crippen LogP contribution in [0.15, 0.2) is 51.8 Å². The molecule has 0 fully saturated rings. The summed E-state index contributed by atoms with van der Waals surface area (Å²) in [6.45, 7) is 8.10. The third-order valence-corrected chi connectivity index (χ3v) is 5.34. The Labute approximate surface area is 166 Å². The van der Waals surface area contributed by atoms with Crippen molar-refractivity contribution < 1.29 is 23.1 Å². The van der Waals surface area contributed by atoms with Gasteiger partial charge in [0.2, 0.25) is 0 Å². The standard InChI is InChI=1S/C18H14BrF3N2O2S/c1-17(26,10-27-13-6-3-11(19)4-7-13)16(25)24-12-5-8-15(23-2)14(9-12)18(20,21)22/h3-9,26H,10H2,1H3,(H,24,25)/t17-/m0/s1. The number of nitrogens with one attached hydrogen (secondary N) is 1. The number of anilines is 1. The Hall–Kier alpha value is -2.02. The molecule has 0 bridgehead atoms. The van der Waals surface area contributed by atoms with Crippen LogP contribution in [0.3, 0.4) is 0 Å². The molecule has 4 nitrogen and oxygen atoms in total.